The van der Waals surface area contributed by atoms with Gasteiger partial charge >= 0.3 is 0 Å². The number of carbonyl (C=O) groups excluding carboxylic acids is 2. The molecule has 2 amide bonds. The minimum Gasteiger partial charge on any atom is -0.353 e. The number of hydrogen-bond acceptors (Lipinski definition) is 3. The van der Waals surface area contributed by atoms with Crippen LogP contribution in [-0.2, 0) is 4.79 Å². The fourth-order valence-corrected chi connectivity index (χ4v) is 4.37. The molecule has 3 rings (SSSR count). The first-order valence-electron chi connectivity index (χ1n) is 8.77. The van der Waals surface area contributed by atoms with Crippen molar-refractivity contribution in [3.05, 3.63) is 22.4 Å². The second-order valence-electron chi connectivity index (χ2n) is 6.96. The Labute approximate surface area is 142 Å². The summed E-state index contributed by atoms with van der Waals surface area (Å²) in [6.07, 6.45) is 6.41. The molecule has 5 heteroatoms. The molecule has 2 atom stereocenters. The molecule has 1 aliphatic carbocycles. The number of piperidine rings is 1. The SMILES string of the molecule is C[C@@H]1CCCC[C@H]1NC(=O)C1CCN(C(=O)c2ccsc2)CC1. The Morgan fingerprint density at radius 3 is 2.57 bits per heavy atom. The molecule has 2 fully saturated rings. The summed E-state index contributed by atoms with van der Waals surface area (Å²) in [6, 6.07) is 2.22. The summed E-state index contributed by atoms with van der Waals surface area (Å²) in [7, 11) is 0. The summed E-state index contributed by atoms with van der Waals surface area (Å²) < 4.78 is 0. The molecule has 4 nitrogen and oxygen atoms in total. The number of nitrogens with one attached hydrogen (secondary N) is 1. The van der Waals surface area contributed by atoms with Crippen LogP contribution in [-0.4, -0.2) is 35.8 Å². The van der Waals surface area contributed by atoms with Crippen LogP contribution in [0.4, 0.5) is 0 Å². The number of carbonyl (C=O) groups is 2. The highest BCUT2D eigenvalue weighted by Crippen LogP contribution is 2.25. The predicted octanol–water partition coefficient (Wildman–Crippen LogP) is 3.30. The lowest BCUT2D eigenvalue weighted by Crippen LogP contribution is -2.47. The maximum absolute atomic E-state index is 12.5. The molecule has 23 heavy (non-hydrogen) atoms. The average Bonchev–Trinajstić information content (AvgIpc) is 3.11. The van der Waals surface area contributed by atoms with E-state index in [0.29, 0.717) is 25.0 Å². The van der Waals surface area contributed by atoms with Crippen molar-refractivity contribution in [3.63, 3.8) is 0 Å². The van der Waals surface area contributed by atoms with Gasteiger partial charge in [0, 0.05) is 30.4 Å². The molecule has 0 bridgehead atoms. The van der Waals surface area contributed by atoms with E-state index in [2.05, 4.69) is 12.2 Å². The molecule has 2 aliphatic rings. The molecule has 126 valence electrons. The number of amides is 2. The van der Waals surface area contributed by atoms with Crippen LogP contribution in [0.25, 0.3) is 0 Å². The van der Waals surface area contributed by atoms with Crippen molar-refractivity contribution in [2.75, 3.05) is 13.1 Å². The monoisotopic (exact) mass is 334 g/mol. The largest absolute Gasteiger partial charge is 0.353 e. The third-order valence-electron chi connectivity index (χ3n) is 5.36. The van der Waals surface area contributed by atoms with Crippen LogP contribution in [0.15, 0.2) is 16.8 Å². The molecule has 0 aromatic carbocycles. The number of likely N-dealkylation sites (tertiary alicyclic amines) is 1. The van der Waals surface area contributed by atoms with E-state index in [1.807, 2.05) is 21.7 Å². The maximum atomic E-state index is 12.5. The summed E-state index contributed by atoms with van der Waals surface area (Å²) in [5, 5.41) is 7.09. The zero-order valence-electron chi connectivity index (χ0n) is 13.8. The van der Waals surface area contributed by atoms with Crippen molar-refractivity contribution < 1.29 is 9.59 Å². The highest BCUT2D eigenvalue weighted by Gasteiger charge is 2.30. The Morgan fingerprint density at radius 1 is 1.17 bits per heavy atom. The number of rotatable bonds is 3. The molecule has 2 heterocycles. The molecule has 0 radical (unpaired) electrons. The minimum absolute atomic E-state index is 0.0654. The van der Waals surface area contributed by atoms with Gasteiger partial charge < -0.3 is 10.2 Å². The van der Waals surface area contributed by atoms with Gasteiger partial charge in [0.2, 0.25) is 5.91 Å². The highest BCUT2D eigenvalue weighted by molar-refractivity contribution is 7.08. The van der Waals surface area contributed by atoms with Crippen LogP contribution in [0.2, 0.25) is 0 Å². The highest BCUT2D eigenvalue weighted by atomic mass is 32.1. The Hall–Kier alpha value is -1.36. The Balaban J connectivity index is 1.48. The Kier molecular flexibility index (Phi) is 5.36. The van der Waals surface area contributed by atoms with Crippen molar-refractivity contribution in [2.24, 2.45) is 11.8 Å². The van der Waals surface area contributed by atoms with Crippen molar-refractivity contribution >= 4 is 23.2 Å². The van der Waals surface area contributed by atoms with E-state index < -0.39 is 0 Å². The molecule has 1 N–H and O–H groups in total. The Bertz CT molecular complexity index is 535. The van der Waals surface area contributed by atoms with Gasteiger partial charge in [-0.1, -0.05) is 19.8 Å². The van der Waals surface area contributed by atoms with Gasteiger partial charge in [-0.3, -0.25) is 9.59 Å². The minimum atomic E-state index is 0.0654. The lowest BCUT2D eigenvalue weighted by atomic mass is 9.85. The number of nitrogens with zero attached hydrogens (tertiary/aromatic N) is 1. The Morgan fingerprint density at radius 2 is 1.91 bits per heavy atom. The van der Waals surface area contributed by atoms with Gasteiger partial charge in [0.15, 0.2) is 0 Å². The summed E-state index contributed by atoms with van der Waals surface area (Å²) >= 11 is 1.55. The fourth-order valence-electron chi connectivity index (χ4n) is 3.74. The van der Waals surface area contributed by atoms with E-state index in [9.17, 15) is 9.59 Å². The van der Waals surface area contributed by atoms with Crippen molar-refractivity contribution in [1.82, 2.24) is 10.2 Å². The van der Waals surface area contributed by atoms with Crippen molar-refractivity contribution in [2.45, 2.75) is 51.5 Å². The molecular weight excluding hydrogens is 308 g/mol. The smallest absolute Gasteiger partial charge is 0.254 e. The van der Waals surface area contributed by atoms with Gasteiger partial charge in [-0.05, 0) is 43.0 Å². The first-order valence-corrected chi connectivity index (χ1v) is 9.71. The van der Waals surface area contributed by atoms with Crippen molar-refractivity contribution in [1.29, 1.82) is 0 Å². The molecule has 1 aromatic heterocycles. The third-order valence-corrected chi connectivity index (χ3v) is 6.04. The van der Waals surface area contributed by atoms with Crippen LogP contribution in [0.5, 0.6) is 0 Å². The van der Waals surface area contributed by atoms with Gasteiger partial charge in [0.1, 0.15) is 0 Å². The third kappa shape index (κ3) is 3.94. The van der Waals surface area contributed by atoms with E-state index >= 15 is 0 Å². The average molecular weight is 334 g/mol. The molecule has 0 spiro atoms. The summed E-state index contributed by atoms with van der Waals surface area (Å²) in [4.78, 5) is 26.7. The molecule has 1 aromatic rings. The van der Waals surface area contributed by atoms with Gasteiger partial charge in [0.05, 0.1) is 5.56 Å². The second kappa shape index (κ2) is 7.47. The normalized spacial score (nSPS) is 26.0. The van der Waals surface area contributed by atoms with Gasteiger partial charge in [-0.2, -0.15) is 11.3 Å². The topological polar surface area (TPSA) is 49.4 Å². The van der Waals surface area contributed by atoms with E-state index in [0.717, 1.165) is 24.8 Å². The molecule has 0 unspecified atom stereocenters. The van der Waals surface area contributed by atoms with Crippen LogP contribution < -0.4 is 5.32 Å². The molecule has 1 saturated heterocycles. The van der Waals surface area contributed by atoms with E-state index in [4.69, 9.17) is 0 Å². The standard InChI is InChI=1S/C18H26N2O2S/c1-13-4-2-3-5-16(13)19-17(21)14-6-9-20(10-7-14)18(22)15-8-11-23-12-15/h8,11-14,16H,2-7,9-10H2,1H3,(H,19,21)/t13-,16-/m1/s1. The summed E-state index contributed by atoms with van der Waals surface area (Å²) in [6.45, 7) is 3.62. The van der Waals surface area contributed by atoms with Gasteiger partial charge in [0.25, 0.3) is 5.91 Å². The maximum Gasteiger partial charge on any atom is 0.254 e. The quantitative estimate of drug-likeness (QED) is 0.922. The van der Waals surface area contributed by atoms with E-state index in [1.165, 1.54) is 19.3 Å². The van der Waals surface area contributed by atoms with Crippen LogP contribution in [0, 0.1) is 11.8 Å². The summed E-state index contributed by atoms with van der Waals surface area (Å²) in [5.41, 5.74) is 0.772. The first kappa shape index (κ1) is 16.5. The van der Waals surface area contributed by atoms with Crippen LogP contribution in [0.3, 0.4) is 0 Å². The molecule has 1 saturated carbocycles. The fraction of sp³-hybridized carbons (Fsp3) is 0.667. The van der Waals surface area contributed by atoms with E-state index in [-0.39, 0.29) is 17.7 Å². The molecule has 1 aliphatic heterocycles. The van der Waals surface area contributed by atoms with Crippen LogP contribution in [0.1, 0.15) is 55.8 Å². The zero-order valence-corrected chi connectivity index (χ0v) is 14.6. The van der Waals surface area contributed by atoms with Crippen molar-refractivity contribution in [3.8, 4) is 0 Å². The zero-order chi connectivity index (χ0) is 16.2. The van der Waals surface area contributed by atoms with Gasteiger partial charge in [-0.15, -0.1) is 0 Å². The number of hydrogen-bond donors (Lipinski definition) is 1. The van der Waals surface area contributed by atoms with Crippen LogP contribution >= 0.6 is 11.3 Å². The number of thiophene rings is 1. The first-order chi connectivity index (χ1) is 11.1. The molecular formula is C18H26N2O2S. The predicted molar refractivity (Wildman–Crippen MR) is 92.5 cm³/mol. The second-order valence-corrected chi connectivity index (χ2v) is 7.74. The lowest BCUT2D eigenvalue weighted by Gasteiger charge is -2.34. The van der Waals surface area contributed by atoms with E-state index in [1.54, 1.807) is 11.3 Å². The summed E-state index contributed by atoms with van der Waals surface area (Å²) in [5.74, 6) is 0.959. The van der Waals surface area contributed by atoms with Gasteiger partial charge in [-0.25, -0.2) is 0 Å². The lowest BCUT2D eigenvalue weighted by molar-refractivity contribution is -0.127.